The van der Waals surface area contributed by atoms with Crippen molar-refractivity contribution in [3.05, 3.63) is 57.5 Å². The molecular formula is C16H15N3S3. The third kappa shape index (κ3) is 3.24. The van der Waals surface area contributed by atoms with Crippen LogP contribution >= 0.6 is 34.4 Å². The summed E-state index contributed by atoms with van der Waals surface area (Å²) < 4.78 is 1.90. The van der Waals surface area contributed by atoms with Crippen molar-refractivity contribution in [2.45, 2.75) is 4.90 Å². The minimum Gasteiger partial charge on any atom is -0.261 e. The van der Waals surface area contributed by atoms with Crippen molar-refractivity contribution >= 4 is 40.7 Å². The summed E-state index contributed by atoms with van der Waals surface area (Å²) >= 11 is 5.05. The largest absolute Gasteiger partial charge is 0.261 e. The van der Waals surface area contributed by atoms with Gasteiger partial charge in [0.25, 0.3) is 0 Å². The molecule has 0 spiro atoms. The molecule has 22 heavy (non-hydrogen) atoms. The fraction of sp³-hybridized carbons (Fsp3) is 0.125. The van der Waals surface area contributed by atoms with Gasteiger partial charge in [-0.3, -0.25) is 4.99 Å². The van der Waals surface area contributed by atoms with Crippen molar-refractivity contribution in [1.82, 2.24) is 4.68 Å². The molecule has 0 aliphatic carbocycles. The lowest BCUT2D eigenvalue weighted by molar-refractivity contribution is 0.850. The van der Waals surface area contributed by atoms with Gasteiger partial charge in [0.15, 0.2) is 0 Å². The highest BCUT2D eigenvalue weighted by molar-refractivity contribution is 7.98. The molecule has 3 nitrogen and oxygen atoms in total. The Balaban J connectivity index is 1.97. The Morgan fingerprint density at radius 3 is 2.59 bits per heavy atom. The van der Waals surface area contributed by atoms with E-state index in [4.69, 9.17) is 0 Å². The first kappa shape index (κ1) is 15.3. The molecule has 2 aromatic heterocycles. The smallest absolute Gasteiger partial charge is 0.205 e. The van der Waals surface area contributed by atoms with Gasteiger partial charge in [-0.1, -0.05) is 18.2 Å². The van der Waals surface area contributed by atoms with Gasteiger partial charge in [-0.2, -0.15) is 5.10 Å². The van der Waals surface area contributed by atoms with Crippen molar-refractivity contribution in [2.24, 2.45) is 10.1 Å². The molecule has 3 rings (SSSR count). The number of thiophene rings is 1. The monoisotopic (exact) mass is 345 g/mol. The number of benzene rings is 1. The van der Waals surface area contributed by atoms with Crippen molar-refractivity contribution in [1.29, 1.82) is 0 Å². The molecule has 0 unspecified atom stereocenters. The van der Waals surface area contributed by atoms with Gasteiger partial charge in [-0.25, -0.2) is 4.68 Å². The van der Waals surface area contributed by atoms with E-state index in [1.807, 2.05) is 10.9 Å². The summed E-state index contributed by atoms with van der Waals surface area (Å²) in [6.45, 7) is 0. The molecule has 0 radical (unpaired) electrons. The standard InChI is InChI=1S/C16H15N3S3/c1-17-16-19(14(11-22-16)15-4-3-9-21-15)18-10-12-5-7-13(20-2)8-6-12/h3-11H,1-2H3. The maximum atomic E-state index is 4.63. The second-order valence-electron chi connectivity index (χ2n) is 4.43. The Bertz CT molecular complexity index is 824. The number of nitrogens with zero attached hydrogens (tertiary/aromatic N) is 3. The van der Waals surface area contributed by atoms with Crippen LogP contribution in [0, 0.1) is 0 Å². The third-order valence-corrected chi connectivity index (χ3v) is 5.63. The van der Waals surface area contributed by atoms with Gasteiger partial charge in [-0.05, 0) is 35.4 Å². The predicted molar refractivity (Wildman–Crippen MR) is 98.3 cm³/mol. The van der Waals surface area contributed by atoms with Gasteiger partial charge in [-0.15, -0.1) is 34.4 Å². The Morgan fingerprint density at radius 1 is 1.14 bits per heavy atom. The van der Waals surface area contributed by atoms with E-state index < -0.39 is 0 Å². The maximum absolute atomic E-state index is 4.63. The van der Waals surface area contributed by atoms with Gasteiger partial charge in [0, 0.05) is 17.3 Å². The van der Waals surface area contributed by atoms with Crippen LogP contribution in [0.1, 0.15) is 5.56 Å². The first-order valence-corrected chi connectivity index (χ1v) is 9.66. The molecule has 6 heteroatoms. The van der Waals surface area contributed by atoms with Crippen LogP contribution in [0.15, 0.2) is 62.1 Å². The van der Waals surface area contributed by atoms with Crippen LogP contribution in [-0.4, -0.2) is 24.2 Å². The zero-order valence-electron chi connectivity index (χ0n) is 12.3. The zero-order valence-corrected chi connectivity index (χ0v) is 14.7. The minimum absolute atomic E-state index is 0.889. The van der Waals surface area contributed by atoms with E-state index in [9.17, 15) is 0 Å². The van der Waals surface area contributed by atoms with Crippen LogP contribution in [0.25, 0.3) is 10.6 Å². The lowest BCUT2D eigenvalue weighted by atomic mass is 10.2. The lowest BCUT2D eigenvalue weighted by Gasteiger charge is -2.01. The van der Waals surface area contributed by atoms with Gasteiger partial charge in [0.2, 0.25) is 4.80 Å². The van der Waals surface area contributed by atoms with E-state index in [1.165, 1.54) is 9.77 Å². The molecule has 0 saturated carbocycles. The number of thioether (sulfide) groups is 1. The van der Waals surface area contributed by atoms with E-state index in [1.54, 1.807) is 41.5 Å². The van der Waals surface area contributed by atoms with E-state index in [2.05, 4.69) is 63.5 Å². The molecule has 0 N–H and O–H groups in total. The van der Waals surface area contributed by atoms with Crippen LogP contribution in [0.3, 0.4) is 0 Å². The molecule has 0 aliphatic rings. The second-order valence-corrected chi connectivity index (χ2v) is 7.10. The number of thiazole rings is 1. The fourth-order valence-corrected chi connectivity index (χ4v) is 3.98. The van der Waals surface area contributed by atoms with E-state index in [0.29, 0.717) is 0 Å². The summed E-state index contributed by atoms with van der Waals surface area (Å²) in [5, 5.41) is 8.80. The van der Waals surface area contributed by atoms with Gasteiger partial charge < -0.3 is 0 Å². The zero-order chi connectivity index (χ0) is 15.4. The van der Waals surface area contributed by atoms with Crippen molar-refractivity contribution in [2.75, 3.05) is 13.3 Å². The summed E-state index contributed by atoms with van der Waals surface area (Å²) in [5.74, 6) is 0. The first-order valence-electron chi connectivity index (χ1n) is 6.67. The van der Waals surface area contributed by atoms with Gasteiger partial charge in [0.05, 0.1) is 16.8 Å². The summed E-state index contributed by atoms with van der Waals surface area (Å²) in [7, 11) is 1.79. The average molecular weight is 346 g/mol. The molecule has 0 amide bonds. The van der Waals surface area contributed by atoms with E-state index >= 15 is 0 Å². The lowest BCUT2D eigenvalue weighted by Crippen LogP contribution is -2.11. The van der Waals surface area contributed by atoms with E-state index in [0.717, 1.165) is 16.1 Å². The van der Waals surface area contributed by atoms with Gasteiger partial charge in [0.1, 0.15) is 0 Å². The van der Waals surface area contributed by atoms with Crippen molar-refractivity contribution in [3.63, 3.8) is 0 Å². The van der Waals surface area contributed by atoms with Crippen LogP contribution in [0.5, 0.6) is 0 Å². The highest BCUT2D eigenvalue weighted by Gasteiger charge is 2.07. The summed E-state index contributed by atoms with van der Waals surface area (Å²) in [4.78, 5) is 7.65. The molecule has 3 aromatic rings. The minimum atomic E-state index is 0.889. The van der Waals surface area contributed by atoms with Crippen LogP contribution in [0.2, 0.25) is 0 Å². The van der Waals surface area contributed by atoms with E-state index in [-0.39, 0.29) is 0 Å². The fourth-order valence-electron chi connectivity index (χ4n) is 1.97. The topological polar surface area (TPSA) is 29.6 Å². The average Bonchev–Trinajstić information content (AvgIpc) is 3.22. The molecule has 0 fully saturated rings. The number of hydrogen-bond donors (Lipinski definition) is 0. The molecule has 0 atom stereocenters. The predicted octanol–water partition coefficient (Wildman–Crippen LogP) is 4.41. The number of rotatable bonds is 4. The maximum Gasteiger partial charge on any atom is 0.205 e. The quantitative estimate of drug-likeness (QED) is 0.509. The Kier molecular flexibility index (Phi) is 4.92. The number of hydrogen-bond acceptors (Lipinski definition) is 5. The molecule has 0 aliphatic heterocycles. The van der Waals surface area contributed by atoms with Gasteiger partial charge >= 0.3 is 0 Å². The second kappa shape index (κ2) is 7.09. The Morgan fingerprint density at radius 2 is 1.95 bits per heavy atom. The molecule has 0 bridgehead atoms. The Hall–Kier alpha value is -1.63. The molecule has 1 aromatic carbocycles. The van der Waals surface area contributed by atoms with Crippen LogP contribution < -0.4 is 4.80 Å². The summed E-state index contributed by atoms with van der Waals surface area (Å²) in [6, 6.07) is 12.5. The normalized spacial score (nSPS) is 12.4. The first-order chi connectivity index (χ1) is 10.8. The summed E-state index contributed by atoms with van der Waals surface area (Å²) in [6.07, 6.45) is 3.95. The summed E-state index contributed by atoms with van der Waals surface area (Å²) in [5.41, 5.74) is 2.16. The molecular weight excluding hydrogens is 330 g/mol. The van der Waals surface area contributed by atoms with Crippen molar-refractivity contribution < 1.29 is 0 Å². The Labute approximate surface area is 141 Å². The molecule has 2 heterocycles. The molecule has 0 saturated heterocycles. The van der Waals surface area contributed by atoms with Crippen LogP contribution in [-0.2, 0) is 0 Å². The van der Waals surface area contributed by atoms with Crippen LogP contribution in [0.4, 0.5) is 0 Å². The SMILES string of the molecule is CN=c1scc(-c2cccs2)n1N=Cc1ccc(SC)cc1. The number of aromatic nitrogens is 1. The molecule has 112 valence electrons. The highest BCUT2D eigenvalue weighted by Crippen LogP contribution is 2.25. The highest BCUT2D eigenvalue weighted by atomic mass is 32.2. The third-order valence-electron chi connectivity index (χ3n) is 3.09. The van der Waals surface area contributed by atoms with Crippen molar-refractivity contribution in [3.8, 4) is 10.6 Å².